The fourth-order valence-corrected chi connectivity index (χ4v) is 4.29. The van der Waals surface area contributed by atoms with Crippen molar-refractivity contribution in [1.29, 1.82) is 0 Å². The molecule has 1 atom stereocenters. The van der Waals surface area contributed by atoms with Gasteiger partial charge in [0.2, 0.25) is 0 Å². The summed E-state index contributed by atoms with van der Waals surface area (Å²) in [4.78, 5) is 32.7. The van der Waals surface area contributed by atoms with Gasteiger partial charge in [-0.15, -0.1) is 0 Å². The van der Waals surface area contributed by atoms with Gasteiger partial charge in [-0.2, -0.15) is 0 Å². The Hall–Kier alpha value is -1.66. The number of aromatic nitrogens is 1. The van der Waals surface area contributed by atoms with E-state index in [1.165, 1.54) is 6.42 Å². The third-order valence-electron chi connectivity index (χ3n) is 5.77. The second-order valence-electron chi connectivity index (χ2n) is 7.57. The number of carbonyl (C=O) groups excluding carboxylic acids is 2. The van der Waals surface area contributed by atoms with E-state index in [9.17, 15) is 9.59 Å². The first kappa shape index (κ1) is 19.1. The molecule has 0 bridgehead atoms. The lowest BCUT2D eigenvalue weighted by molar-refractivity contribution is 0.0295. The molecule has 0 spiro atoms. The van der Waals surface area contributed by atoms with Crippen LogP contribution in [0.1, 0.15) is 64.7 Å². The summed E-state index contributed by atoms with van der Waals surface area (Å²) in [7, 11) is 0. The van der Waals surface area contributed by atoms with Crippen LogP contribution in [0.3, 0.4) is 0 Å². The number of aryl methyl sites for hydroxylation is 1. The zero-order valence-corrected chi connectivity index (χ0v) is 16.3. The van der Waals surface area contributed by atoms with Gasteiger partial charge in [-0.05, 0) is 45.1 Å². The molecule has 1 N–H and O–H groups in total. The van der Waals surface area contributed by atoms with Crippen molar-refractivity contribution in [1.82, 2.24) is 14.8 Å². The molecule has 0 aliphatic carbocycles. The highest BCUT2D eigenvalue weighted by Crippen LogP contribution is 2.26. The Morgan fingerprint density at radius 3 is 2.54 bits per heavy atom. The number of hydrogen-bond donors (Lipinski definition) is 1. The number of morpholine rings is 1. The van der Waals surface area contributed by atoms with E-state index in [0.29, 0.717) is 11.3 Å². The maximum atomic E-state index is 13.3. The smallest absolute Gasteiger partial charge is 0.256 e. The molecule has 0 radical (unpaired) electrons. The van der Waals surface area contributed by atoms with Crippen molar-refractivity contribution >= 4 is 11.7 Å². The first-order chi connectivity index (χ1) is 12.5. The summed E-state index contributed by atoms with van der Waals surface area (Å²) in [6.45, 7) is 10.7. The Morgan fingerprint density at radius 2 is 1.88 bits per heavy atom. The summed E-state index contributed by atoms with van der Waals surface area (Å²) >= 11 is 0. The van der Waals surface area contributed by atoms with E-state index in [-0.39, 0.29) is 17.7 Å². The van der Waals surface area contributed by atoms with Gasteiger partial charge in [0.1, 0.15) is 0 Å². The lowest BCUT2D eigenvalue weighted by Crippen LogP contribution is -2.46. The topological polar surface area (TPSA) is 65.6 Å². The van der Waals surface area contributed by atoms with Crippen molar-refractivity contribution in [3.63, 3.8) is 0 Å². The molecule has 0 aromatic carbocycles. The summed E-state index contributed by atoms with van der Waals surface area (Å²) < 4.78 is 5.42. The molecule has 0 unspecified atom stereocenters. The van der Waals surface area contributed by atoms with Crippen molar-refractivity contribution < 1.29 is 14.3 Å². The van der Waals surface area contributed by atoms with Crippen LogP contribution in [0.5, 0.6) is 0 Å². The van der Waals surface area contributed by atoms with Crippen LogP contribution in [0.2, 0.25) is 0 Å². The number of ether oxygens (including phenoxy) is 1. The maximum absolute atomic E-state index is 13.3. The van der Waals surface area contributed by atoms with E-state index < -0.39 is 0 Å². The molecule has 2 aliphatic heterocycles. The van der Waals surface area contributed by atoms with E-state index in [4.69, 9.17) is 4.74 Å². The third kappa shape index (κ3) is 4.01. The fraction of sp³-hybridized carbons (Fsp3) is 0.700. The lowest BCUT2D eigenvalue weighted by atomic mass is 9.97. The largest absolute Gasteiger partial charge is 0.379 e. The minimum Gasteiger partial charge on any atom is -0.379 e. The van der Waals surface area contributed by atoms with Crippen LogP contribution in [0, 0.1) is 13.8 Å². The van der Waals surface area contributed by atoms with Crippen LogP contribution in [-0.2, 0) is 4.74 Å². The molecular formula is C20H31N3O3. The van der Waals surface area contributed by atoms with Gasteiger partial charge in [-0.25, -0.2) is 0 Å². The van der Waals surface area contributed by atoms with Gasteiger partial charge < -0.3 is 14.6 Å². The highest BCUT2D eigenvalue weighted by Gasteiger charge is 2.31. The Balaban J connectivity index is 1.72. The normalized spacial score (nSPS) is 21.8. The number of piperidine rings is 1. The monoisotopic (exact) mass is 361 g/mol. The van der Waals surface area contributed by atoms with Gasteiger partial charge >= 0.3 is 0 Å². The van der Waals surface area contributed by atoms with Crippen LogP contribution in [0.25, 0.3) is 0 Å². The van der Waals surface area contributed by atoms with E-state index in [1.54, 1.807) is 6.92 Å². The van der Waals surface area contributed by atoms with Gasteiger partial charge in [-0.3, -0.25) is 14.5 Å². The number of amides is 1. The quantitative estimate of drug-likeness (QED) is 0.819. The van der Waals surface area contributed by atoms with E-state index in [1.807, 2.05) is 13.8 Å². The van der Waals surface area contributed by atoms with Crippen LogP contribution in [0.4, 0.5) is 0 Å². The SMILES string of the molecule is CC(=O)c1[nH]c(C)c(C(=O)N2CCCC[C@@H]2CCN2CCOCC2)c1C. The van der Waals surface area contributed by atoms with Gasteiger partial charge in [0.05, 0.1) is 24.5 Å². The molecule has 6 heteroatoms. The Bertz CT molecular complexity index is 662. The average Bonchev–Trinajstić information content (AvgIpc) is 2.95. The predicted octanol–water partition coefficient (Wildman–Crippen LogP) is 2.55. The van der Waals surface area contributed by atoms with Crippen molar-refractivity contribution in [2.45, 2.75) is 52.5 Å². The minimum absolute atomic E-state index is 0.0211. The van der Waals surface area contributed by atoms with Gasteiger partial charge in [-0.1, -0.05) is 0 Å². The average molecular weight is 361 g/mol. The number of ketones is 1. The Kier molecular flexibility index (Phi) is 6.14. The summed E-state index contributed by atoms with van der Waals surface area (Å²) in [5.41, 5.74) is 2.84. The molecule has 1 amide bonds. The summed E-state index contributed by atoms with van der Waals surface area (Å²) in [5.74, 6) is 0.0580. The molecule has 0 saturated carbocycles. The van der Waals surface area contributed by atoms with Gasteiger partial charge in [0.15, 0.2) is 5.78 Å². The number of hydrogen-bond acceptors (Lipinski definition) is 4. The Labute approximate surface area is 155 Å². The highest BCUT2D eigenvalue weighted by atomic mass is 16.5. The number of aromatic amines is 1. The van der Waals surface area contributed by atoms with Crippen molar-refractivity contribution in [2.75, 3.05) is 39.4 Å². The molecule has 2 fully saturated rings. The standard InChI is InChI=1S/C20H31N3O3/c1-14-18(15(2)21-19(14)16(3)24)20(25)23-8-5-4-6-17(23)7-9-22-10-12-26-13-11-22/h17,21H,4-13H2,1-3H3/t17-/m1/s1. The highest BCUT2D eigenvalue weighted by molar-refractivity contribution is 6.02. The zero-order chi connectivity index (χ0) is 18.7. The van der Waals surface area contributed by atoms with Crippen LogP contribution in [0.15, 0.2) is 0 Å². The lowest BCUT2D eigenvalue weighted by Gasteiger charge is -2.37. The van der Waals surface area contributed by atoms with E-state index in [2.05, 4.69) is 14.8 Å². The second kappa shape index (κ2) is 8.35. The van der Waals surface area contributed by atoms with Crippen molar-refractivity contribution in [3.05, 3.63) is 22.5 Å². The molecule has 2 aliphatic rings. The number of nitrogens with one attached hydrogen (secondary N) is 1. The molecular weight excluding hydrogens is 330 g/mol. The molecule has 144 valence electrons. The van der Waals surface area contributed by atoms with Crippen LogP contribution in [-0.4, -0.2) is 71.9 Å². The molecule has 3 rings (SSSR count). The second-order valence-corrected chi connectivity index (χ2v) is 7.57. The maximum Gasteiger partial charge on any atom is 0.256 e. The van der Waals surface area contributed by atoms with E-state index >= 15 is 0 Å². The van der Waals surface area contributed by atoms with Crippen molar-refractivity contribution in [2.24, 2.45) is 0 Å². The Morgan fingerprint density at radius 1 is 1.15 bits per heavy atom. The number of rotatable bonds is 5. The molecule has 1 aromatic rings. The van der Waals surface area contributed by atoms with Gasteiger partial charge in [0.25, 0.3) is 5.91 Å². The summed E-state index contributed by atoms with van der Waals surface area (Å²) in [6, 6.07) is 0.286. The molecule has 2 saturated heterocycles. The predicted molar refractivity (Wildman–Crippen MR) is 101 cm³/mol. The number of carbonyl (C=O) groups is 2. The summed E-state index contributed by atoms with van der Waals surface area (Å²) in [5, 5.41) is 0. The number of Topliss-reactive ketones (excluding diaryl/α,β-unsaturated/α-hetero) is 1. The molecule has 26 heavy (non-hydrogen) atoms. The van der Waals surface area contributed by atoms with Crippen LogP contribution < -0.4 is 0 Å². The van der Waals surface area contributed by atoms with Gasteiger partial charge in [0, 0.05) is 44.8 Å². The number of nitrogens with zero attached hydrogens (tertiary/aromatic N) is 2. The first-order valence-corrected chi connectivity index (χ1v) is 9.80. The molecule has 1 aromatic heterocycles. The first-order valence-electron chi connectivity index (χ1n) is 9.80. The summed E-state index contributed by atoms with van der Waals surface area (Å²) in [6.07, 6.45) is 4.31. The number of H-pyrrole nitrogens is 1. The van der Waals surface area contributed by atoms with E-state index in [0.717, 1.165) is 69.9 Å². The molecule has 6 nitrogen and oxygen atoms in total. The third-order valence-corrected chi connectivity index (χ3v) is 5.77. The van der Waals surface area contributed by atoms with Crippen LogP contribution >= 0.6 is 0 Å². The van der Waals surface area contributed by atoms with Crippen molar-refractivity contribution in [3.8, 4) is 0 Å². The zero-order valence-electron chi connectivity index (χ0n) is 16.3. The number of likely N-dealkylation sites (tertiary alicyclic amines) is 1. The minimum atomic E-state index is -0.0211. The fourth-order valence-electron chi connectivity index (χ4n) is 4.29. The molecule has 3 heterocycles.